The van der Waals surface area contributed by atoms with Gasteiger partial charge >= 0.3 is 5.97 Å². The second kappa shape index (κ2) is 8.29. The Kier molecular flexibility index (Phi) is 6.51. The molecule has 0 saturated carbocycles. The molecule has 6 nitrogen and oxygen atoms in total. The van der Waals surface area contributed by atoms with Crippen LogP contribution < -0.4 is 5.32 Å². The third kappa shape index (κ3) is 5.22. The van der Waals surface area contributed by atoms with Gasteiger partial charge in [0.15, 0.2) is 16.4 Å². The molecule has 0 aliphatic heterocycles. The lowest BCUT2D eigenvalue weighted by molar-refractivity contribution is -0.119. The summed E-state index contributed by atoms with van der Waals surface area (Å²) in [6, 6.07) is 7.41. The van der Waals surface area contributed by atoms with Crippen molar-refractivity contribution in [2.24, 2.45) is 0 Å². The predicted molar refractivity (Wildman–Crippen MR) is 104 cm³/mol. The van der Waals surface area contributed by atoms with E-state index in [-0.39, 0.29) is 21.2 Å². The summed E-state index contributed by atoms with van der Waals surface area (Å²) in [6.07, 6.45) is 1.04. The van der Waals surface area contributed by atoms with Crippen LogP contribution in [0.1, 0.15) is 21.5 Å². The van der Waals surface area contributed by atoms with Gasteiger partial charge in [-0.15, -0.1) is 0 Å². The summed E-state index contributed by atoms with van der Waals surface area (Å²) in [4.78, 5) is 24.3. The number of sulfone groups is 1. The van der Waals surface area contributed by atoms with Gasteiger partial charge in [-0.05, 0) is 43.2 Å². The summed E-state index contributed by atoms with van der Waals surface area (Å²) in [7, 11) is -3.48. The molecule has 1 N–H and O–H groups in total. The summed E-state index contributed by atoms with van der Waals surface area (Å²) in [5, 5.41) is 3.04. The second-order valence-corrected chi connectivity index (χ2v) is 8.73. The van der Waals surface area contributed by atoms with Gasteiger partial charge in [0.2, 0.25) is 0 Å². The number of aryl methyl sites for hydroxylation is 2. The van der Waals surface area contributed by atoms with Crippen molar-refractivity contribution in [1.82, 2.24) is 0 Å². The number of rotatable bonds is 5. The number of anilines is 1. The van der Waals surface area contributed by atoms with Crippen LogP contribution in [0.25, 0.3) is 0 Å². The number of ether oxygens (including phenoxy) is 1. The minimum Gasteiger partial charge on any atom is -0.452 e. The number of hydrogen-bond acceptors (Lipinski definition) is 5. The summed E-state index contributed by atoms with van der Waals surface area (Å²) in [5.41, 5.74) is 1.55. The van der Waals surface area contributed by atoms with Crippen LogP contribution in [0.3, 0.4) is 0 Å². The van der Waals surface area contributed by atoms with E-state index in [0.29, 0.717) is 10.6 Å². The standard InChI is InChI=1S/C18H17Cl2NO5S/c1-10-4-6-12(27(3,24)25)8-13(10)18(23)26-9-15(22)21-17-14(19)7-5-11(2)16(17)20/h4-8H,9H2,1-3H3,(H,21,22). The van der Waals surface area contributed by atoms with Gasteiger partial charge in [-0.3, -0.25) is 4.79 Å². The van der Waals surface area contributed by atoms with E-state index < -0.39 is 28.3 Å². The van der Waals surface area contributed by atoms with Crippen LogP contribution in [0, 0.1) is 13.8 Å². The van der Waals surface area contributed by atoms with E-state index in [2.05, 4.69) is 5.32 Å². The molecule has 144 valence electrons. The zero-order valence-corrected chi connectivity index (χ0v) is 17.1. The molecule has 2 aromatic carbocycles. The molecule has 2 aromatic rings. The molecule has 0 fully saturated rings. The SMILES string of the molecule is Cc1ccc(S(C)(=O)=O)cc1C(=O)OCC(=O)Nc1c(Cl)ccc(C)c1Cl. The van der Waals surface area contributed by atoms with Crippen LogP contribution in [0.4, 0.5) is 5.69 Å². The molecule has 2 rings (SSSR count). The van der Waals surface area contributed by atoms with Crippen LogP contribution in [0.15, 0.2) is 35.2 Å². The molecule has 0 bridgehead atoms. The molecule has 1 amide bonds. The summed E-state index contributed by atoms with van der Waals surface area (Å²) < 4.78 is 28.3. The highest BCUT2D eigenvalue weighted by Crippen LogP contribution is 2.32. The molecule has 0 aliphatic carbocycles. The van der Waals surface area contributed by atoms with Crippen molar-refractivity contribution >= 4 is 50.6 Å². The molecule has 0 unspecified atom stereocenters. The van der Waals surface area contributed by atoms with E-state index in [1.54, 1.807) is 26.0 Å². The fourth-order valence-electron chi connectivity index (χ4n) is 2.21. The van der Waals surface area contributed by atoms with Crippen molar-refractivity contribution in [3.63, 3.8) is 0 Å². The Hall–Kier alpha value is -2.09. The highest BCUT2D eigenvalue weighted by atomic mass is 35.5. The van der Waals surface area contributed by atoms with Crippen molar-refractivity contribution in [3.05, 3.63) is 57.1 Å². The number of esters is 1. The second-order valence-electron chi connectivity index (χ2n) is 5.93. The lowest BCUT2D eigenvalue weighted by atomic mass is 10.1. The molecule has 27 heavy (non-hydrogen) atoms. The molecular weight excluding hydrogens is 413 g/mol. The maximum Gasteiger partial charge on any atom is 0.338 e. The zero-order chi connectivity index (χ0) is 20.4. The van der Waals surface area contributed by atoms with Crippen molar-refractivity contribution in [3.8, 4) is 0 Å². The van der Waals surface area contributed by atoms with E-state index in [4.69, 9.17) is 27.9 Å². The van der Waals surface area contributed by atoms with Crippen LogP contribution in [-0.4, -0.2) is 33.2 Å². The lowest BCUT2D eigenvalue weighted by Gasteiger charge is -2.12. The molecular formula is C18H17Cl2NO5S. The van der Waals surface area contributed by atoms with Gasteiger partial charge in [-0.1, -0.05) is 35.3 Å². The van der Waals surface area contributed by atoms with E-state index in [0.717, 1.165) is 11.8 Å². The van der Waals surface area contributed by atoms with Crippen molar-refractivity contribution in [2.45, 2.75) is 18.7 Å². The van der Waals surface area contributed by atoms with E-state index >= 15 is 0 Å². The quantitative estimate of drug-likeness (QED) is 0.729. The van der Waals surface area contributed by atoms with Gasteiger partial charge in [0.1, 0.15) is 0 Å². The molecule has 0 spiro atoms. The largest absolute Gasteiger partial charge is 0.452 e. The number of hydrogen-bond donors (Lipinski definition) is 1. The average Bonchev–Trinajstić information content (AvgIpc) is 2.59. The number of carbonyl (C=O) groups excluding carboxylic acids is 2. The molecule has 0 radical (unpaired) electrons. The minimum atomic E-state index is -3.48. The Bertz CT molecular complexity index is 1020. The maximum atomic E-state index is 12.2. The molecule has 0 saturated heterocycles. The number of carbonyl (C=O) groups is 2. The monoisotopic (exact) mass is 429 g/mol. The summed E-state index contributed by atoms with van der Waals surface area (Å²) >= 11 is 12.1. The predicted octanol–water partition coefficient (Wildman–Crippen LogP) is 3.81. The van der Waals surface area contributed by atoms with E-state index in [1.165, 1.54) is 18.2 Å². The number of halogens is 2. The van der Waals surface area contributed by atoms with Gasteiger partial charge in [-0.25, -0.2) is 13.2 Å². The van der Waals surface area contributed by atoms with Crippen LogP contribution >= 0.6 is 23.2 Å². The van der Waals surface area contributed by atoms with Gasteiger partial charge < -0.3 is 10.1 Å². The van der Waals surface area contributed by atoms with Gasteiger partial charge in [0.05, 0.1) is 26.2 Å². The number of nitrogens with one attached hydrogen (secondary N) is 1. The van der Waals surface area contributed by atoms with E-state index in [1.807, 2.05) is 0 Å². The first-order chi connectivity index (χ1) is 12.5. The number of benzene rings is 2. The Morgan fingerprint density at radius 3 is 2.33 bits per heavy atom. The molecule has 0 atom stereocenters. The Morgan fingerprint density at radius 2 is 1.70 bits per heavy atom. The van der Waals surface area contributed by atoms with Crippen LogP contribution in [0.2, 0.25) is 10.0 Å². The lowest BCUT2D eigenvalue weighted by Crippen LogP contribution is -2.22. The molecule has 0 heterocycles. The highest BCUT2D eigenvalue weighted by molar-refractivity contribution is 7.90. The molecule has 0 aliphatic rings. The third-order valence-electron chi connectivity index (χ3n) is 3.74. The topological polar surface area (TPSA) is 89.5 Å². The Balaban J connectivity index is 2.10. The normalized spacial score (nSPS) is 11.1. The zero-order valence-electron chi connectivity index (χ0n) is 14.8. The summed E-state index contributed by atoms with van der Waals surface area (Å²) in [5.74, 6) is -1.44. The fourth-order valence-corrected chi connectivity index (χ4v) is 3.32. The van der Waals surface area contributed by atoms with Gasteiger partial charge in [0, 0.05) is 6.26 Å². The smallest absolute Gasteiger partial charge is 0.338 e. The number of amides is 1. The first-order valence-electron chi connectivity index (χ1n) is 7.73. The van der Waals surface area contributed by atoms with Crippen LogP contribution in [-0.2, 0) is 19.4 Å². The van der Waals surface area contributed by atoms with Gasteiger partial charge in [-0.2, -0.15) is 0 Å². The van der Waals surface area contributed by atoms with Crippen LogP contribution in [0.5, 0.6) is 0 Å². The van der Waals surface area contributed by atoms with Gasteiger partial charge in [0.25, 0.3) is 5.91 Å². The fraction of sp³-hybridized carbons (Fsp3) is 0.222. The highest BCUT2D eigenvalue weighted by Gasteiger charge is 2.18. The molecule has 9 heteroatoms. The Labute approximate surface area is 167 Å². The summed E-state index contributed by atoms with van der Waals surface area (Å²) in [6.45, 7) is 2.81. The Morgan fingerprint density at radius 1 is 1.07 bits per heavy atom. The van der Waals surface area contributed by atoms with Crippen molar-refractivity contribution in [2.75, 3.05) is 18.2 Å². The minimum absolute atomic E-state index is 0.0113. The first kappa shape index (κ1) is 21.2. The maximum absolute atomic E-state index is 12.2. The van der Waals surface area contributed by atoms with Crippen molar-refractivity contribution in [1.29, 1.82) is 0 Å². The van der Waals surface area contributed by atoms with E-state index in [9.17, 15) is 18.0 Å². The average molecular weight is 430 g/mol. The van der Waals surface area contributed by atoms with Crippen molar-refractivity contribution < 1.29 is 22.7 Å². The third-order valence-corrected chi connectivity index (χ3v) is 5.65. The molecule has 0 aromatic heterocycles. The first-order valence-corrected chi connectivity index (χ1v) is 10.4.